The first kappa shape index (κ1) is 19.1. The number of allylic oxidation sites excluding steroid dienone is 1. The molecule has 0 aliphatic carbocycles. The highest BCUT2D eigenvalue weighted by molar-refractivity contribution is 6.11. The van der Waals surface area contributed by atoms with Crippen molar-refractivity contribution in [1.82, 2.24) is 14.5 Å². The van der Waals surface area contributed by atoms with Crippen LogP contribution in [0, 0.1) is 0 Å². The number of anilines is 1. The highest BCUT2D eigenvalue weighted by atomic mass is 19.1. The van der Waals surface area contributed by atoms with Crippen LogP contribution in [0.4, 0.5) is 10.2 Å². The first-order valence-electron chi connectivity index (χ1n) is 9.76. The van der Waals surface area contributed by atoms with Crippen molar-refractivity contribution < 1.29 is 9.50 Å². The molecule has 0 saturated carbocycles. The molecule has 2 N–H and O–H groups in total. The molecule has 0 bridgehead atoms. The van der Waals surface area contributed by atoms with Crippen molar-refractivity contribution in [2.45, 2.75) is 32.5 Å². The van der Waals surface area contributed by atoms with Crippen LogP contribution in [-0.2, 0) is 6.42 Å². The van der Waals surface area contributed by atoms with Gasteiger partial charge in [-0.2, -0.15) is 0 Å². The largest absolute Gasteiger partial charge is 0.508 e. The lowest BCUT2D eigenvalue weighted by Gasteiger charge is -2.14. The second-order valence-electron chi connectivity index (χ2n) is 7.44. The Morgan fingerprint density at radius 3 is 2.79 bits per heavy atom. The van der Waals surface area contributed by atoms with Gasteiger partial charge in [0.05, 0.1) is 24.1 Å². The number of fused-ring (bicyclic) bond motifs is 1. The van der Waals surface area contributed by atoms with E-state index in [1.165, 1.54) is 0 Å². The monoisotopic (exact) mass is 393 g/mol. The maximum absolute atomic E-state index is 13.8. The number of phenolic OH excluding ortho intramolecular Hbond substituents is 1. The van der Waals surface area contributed by atoms with E-state index in [-0.39, 0.29) is 18.3 Å². The van der Waals surface area contributed by atoms with Crippen molar-refractivity contribution >= 4 is 28.6 Å². The lowest BCUT2D eigenvalue weighted by Crippen LogP contribution is -2.11. The van der Waals surface area contributed by atoms with Crippen LogP contribution in [0.1, 0.15) is 31.1 Å². The van der Waals surface area contributed by atoms with E-state index >= 15 is 0 Å². The number of nitrogens with one attached hydrogen (secondary N) is 1. The maximum atomic E-state index is 13.8. The summed E-state index contributed by atoms with van der Waals surface area (Å²) in [5.41, 5.74) is 4.21. The Bertz CT molecular complexity index is 1070. The summed E-state index contributed by atoms with van der Waals surface area (Å²) >= 11 is 0. The van der Waals surface area contributed by atoms with Gasteiger partial charge in [-0.25, -0.2) is 14.4 Å². The van der Waals surface area contributed by atoms with Gasteiger partial charge in [0.15, 0.2) is 5.82 Å². The predicted molar refractivity (Wildman–Crippen MR) is 114 cm³/mol. The predicted octanol–water partition coefficient (Wildman–Crippen LogP) is 4.18. The van der Waals surface area contributed by atoms with Gasteiger partial charge in [-0.05, 0) is 50.1 Å². The van der Waals surface area contributed by atoms with E-state index in [0.29, 0.717) is 23.6 Å². The van der Waals surface area contributed by atoms with E-state index in [9.17, 15) is 9.50 Å². The van der Waals surface area contributed by atoms with Gasteiger partial charge in [0.25, 0.3) is 0 Å². The Morgan fingerprint density at radius 1 is 1.28 bits per heavy atom. The number of aliphatic imine (C=N–C) groups is 1. The number of pyridine rings is 1. The molecule has 0 amide bonds. The van der Waals surface area contributed by atoms with Crippen molar-refractivity contribution in [2.24, 2.45) is 4.99 Å². The van der Waals surface area contributed by atoms with Gasteiger partial charge in [-0.3, -0.25) is 4.99 Å². The number of dihydropyridines is 1. The minimum absolute atomic E-state index is 0.160. The number of rotatable bonds is 6. The fourth-order valence-corrected chi connectivity index (χ4v) is 3.40. The molecule has 2 aromatic heterocycles. The van der Waals surface area contributed by atoms with Crippen LogP contribution in [0.2, 0.25) is 0 Å². The SMILES string of the molecule is CC(C)n1cnc2c(NCCc3ccc(O)cc3)nc(C3=CC(F)CN=C3)cc21. The van der Waals surface area contributed by atoms with Gasteiger partial charge in [0.1, 0.15) is 17.4 Å². The van der Waals surface area contributed by atoms with E-state index in [4.69, 9.17) is 4.98 Å². The van der Waals surface area contributed by atoms with E-state index < -0.39 is 6.17 Å². The second-order valence-corrected chi connectivity index (χ2v) is 7.44. The average Bonchev–Trinajstić information content (AvgIpc) is 3.14. The first-order valence-corrected chi connectivity index (χ1v) is 9.76. The number of hydrogen-bond donors (Lipinski definition) is 2. The van der Waals surface area contributed by atoms with Crippen molar-refractivity contribution in [2.75, 3.05) is 18.4 Å². The Balaban J connectivity index is 1.66. The molecule has 0 saturated heterocycles. The van der Waals surface area contributed by atoms with Gasteiger partial charge < -0.3 is 15.0 Å². The molecule has 150 valence electrons. The number of hydrogen-bond acceptors (Lipinski definition) is 5. The highest BCUT2D eigenvalue weighted by Crippen LogP contribution is 2.27. The summed E-state index contributed by atoms with van der Waals surface area (Å²) in [7, 11) is 0. The molecule has 1 atom stereocenters. The molecule has 0 fully saturated rings. The number of aromatic nitrogens is 3. The topological polar surface area (TPSA) is 75.3 Å². The zero-order valence-corrected chi connectivity index (χ0v) is 16.5. The number of halogens is 1. The second kappa shape index (κ2) is 8.03. The van der Waals surface area contributed by atoms with E-state index in [1.807, 2.05) is 24.5 Å². The summed E-state index contributed by atoms with van der Waals surface area (Å²) in [5, 5.41) is 12.8. The number of phenols is 1. The van der Waals surface area contributed by atoms with Crippen LogP contribution in [0.25, 0.3) is 16.6 Å². The van der Waals surface area contributed by atoms with E-state index in [2.05, 4.69) is 33.7 Å². The van der Waals surface area contributed by atoms with Crippen LogP contribution >= 0.6 is 0 Å². The number of imidazole rings is 1. The molecule has 4 rings (SSSR count). The lowest BCUT2D eigenvalue weighted by atomic mass is 10.1. The number of nitrogens with zero attached hydrogens (tertiary/aromatic N) is 4. The van der Waals surface area contributed by atoms with Crippen molar-refractivity contribution in [3.05, 3.63) is 54.0 Å². The molecule has 0 spiro atoms. The molecular weight excluding hydrogens is 369 g/mol. The Morgan fingerprint density at radius 2 is 2.07 bits per heavy atom. The molecule has 6 nitrogen and oxygen atoms in total. The third-order valence-corrected chi connectivity index (χ3v) is 4.93. The highest BCUT2D eigenvalue weighted by Gasteiger charge is 2.17. The molecule has 29 heavy (non-hydrogen) atoms. The van der Waals surface area contributed by atoms with Crippen LogP contribution in [0.15, 0.2) is 47.7 Å². The first-order chi connectivity index (χ1) is 14.0. The van der Waals surface area contributed by atoms with Gasteiger partial charge in [0.2, 0.25) is 0 Å². The van der Waals surface area contributed by atoms with Crippen molar-refractivity contribution in [3.63, 3.8) is 0 Å². The Labute approximate surface area is 168 Å². The number of benzene rings is 1. The maximum Gasteiger partial charge on any atom is 0.154 e. The van der Waals surface area contributed by atoms with Crippen molar-refractivity contribution in [1.29, 1.82) is 0 Å². The smallest absolute Gasteiger partial charge is 0.154 e. The Kier molecular flexibility index (Phi) is 5.29. The van der Waals surface area contributed by atoms with Crippen molar-refractivity contribution in [3.8, 4) is 5.75 Å². The zero-order valence-electron chi connectivity index (χ0n) is 16.5. The Hall–Kier alpha value is -3.22. The van der Waals surface area contributed by atoms with Crippen LogP contribution in [-0.4, -0.2) is 45.1 Å². The molecule has 3 heterocycles. The van der Waals surface area contributed by atoms with E-state index in [0.717, 1.165) is 23.0 Å². The quantitative estimate of drug-likeness (QED) is 0.659. The molecule has 7 heteroatoms. The molecule has 1 aromatic carbocycles. The molecule has 1 unspecified atom stereocenters. The third kappa shape index (κ3) is 4.13. The number of alkyl halides is 1. The summed E-state index contributed by atoms with van der Waals surface area (Å²) in [6.45, 7) is 5.01. The van der Waals surface area contributed by atoms with Crippen LogP contribution < -0.4 is 5.32 Å². The average molecular weight is 393 g/mol. The normalized spacial score (nSPS) is 16.4. The molecule has 1 aliphatic heterocycles. The summed E-state index contributed by atoms with van der Waals surface area (Å²) in [5.74, 6) is 0.927. The zero-order chi connectivity index (χ0) is 20.4. The molecule has 1 aliphatic rings. The lowest BCUT2D eigenvalue weighted by molar-refractivity contribution is 0.409. The molecular formula is C22H24FN5O. The van der Waals surface area contributed by atoms with E-state index in [1.54, 1.807) is 24.4 Å². The van der Waals surface area contributed by atoms with Gasteiger partial charge in [0, 0.05) is 24.4 Å². The van der Waals surface area contributed by atoms with Gasteiger partial charge in [-0.15, -0.1) is 0 Å². The van der Waals surface area contributed by atoms with Crippen LogP contribution in [0.3, 0.4) is 0 Å². The third-order valence-electron chi connectivity index (χ3n) is 4.93. The number of aromatic hydroxyl groups is 1. The fourth-order valence-electron chi connectivity index (χ4n) is 3.40. The van der Waals surface area contributed by atoms with Gasteiger partial charge >= 0.3 is 0 Å². The summed E-state index contributed by atoms with van der Waals surface area (Å²) < 4.78 is 15.9. The minimum atomic E-state index is -1.09. The standard InChI is InChI=1S/C22H24FN5O/c1-14(2)28-13-26-21-20(28)10-19(16-9-17(23)12-24-11-16)27-22(21)25-8-7-15-3-5-18(29)6-4-15/h3-6,9-11,13-14,17,29H,7-8,12H2,1-2H3,(H,25,27). The van der Waals surface area contributed by atoms with Gasteiger partial charge in [-0.1, -0.05) is 12.1 Å². The summed E-state index contributed by atoms with van der Waals surface area (Å²) in [4.78, 5) is 13.4. The van der Waals surface area contributed by atoms with Crippen LogP contribution in [0.5, 0.6) is 5.75 Å². The minimum Gasteiger partial charge on any atom is -0.508 e. The summed E-state index contributed by atoms with van der Waals surface area (Å²) in [6.07, 6.45) is 4.74. The fraction of sp³-hybridized carbons (Fsp3) is 0.318. The molecule has 0 radical (unpaired) electrons. The summed E-state index contributed by atoms with van der Waals surface area (Å²) in [6, 6.07) is 9.34. The molecule has 3 aromatic rings.